The summed E-state index contributed by atoms with van der Waals surface area (Å²) >= 11 is 0. The van der Waals surface area contributed by atoms with Crippen molar-refractivity contribution in [2.75, 3.05) is 26.2 Å². The number of carboxylic acids is 1. The van der Waals surface area contributed by atoms with Crippen molar-refractivity contribution in [1.82, 2.24) is 14.8 Å². The number of rotatable bonds is 6. The summed E-state index contributed by atoms with van der Waals surface area (Å²) in [6.07, 6.45) is 9.00. The van der Waals surface area contributed by atoms with Crippen LogP contribution in [0.5, 0.6) is 0 Å². The van der Waals surface area contributed by atoms with Crippen LogP contribution < -0.4 is 0 Å². The summed E-state index contributed by atoms with van der Waals surface area (Å²) < 4.78 is 0. The first-order valence-electron chi connectivity index (χ1n) is 13.1. The fraction of sp³-hybridized carbons (Fsp3) is 0.400. The molecule has 3 aromatic rings. The topological polar surface area (TPSA) is 76.6 Å². The summed E-state index contributed by atoms with van der Waals surface area (Å²) in [7, 11) is 0. The quantitative estimate of drug-likeness (QED) is 0.479. The van der Waals surface area contributed by atoms with Crippen molar-refractivity contribution in [3.63, 3.8) is 0 Å². The maximum atomic E-state index is 12.7. The minimum atomic E-state index is -0.732. The first-order valence-corrected chi connectivity index (χ1v) is 13.1. The van der Waals surface area contributed by atoms with Gasteiger partial charge < -0.3 is 15.0 Å². The molecule has 0 spiro atoms. The number of carboxylic acid groups (broad SMARTS) is 1. The number of aliphatic carboxylic acids is 1. The van der Waals surface area contributed by atoms with Crippen molar-refractivity contribution in [1.29, 1.82) is 0 Å². The molecule has 6 nitrogen and oxygen atoms in total. The van der Waals surface area contributed by atoms with Gasteiger partial charge in [-0.15, -0.1) is 0 Å². The number of hydrogen-bond acceptors (Lipinski definition) is 3. The Kier molecular flexibility index (Phi) is 7.23. The van der Waals surface area contributed by atoms with Crippen LogP contribution in [0.2, 0.25) is 0 Å². The molecule has 6 heteroatoms. The second-order valence-electron chi connectivity index (χ2n) is 10.3. The van der Waals surface area contributed by atoms with Crippen LogP contribution in [0.4, 0.5) is 0 Å². The normalized spacial score (nSPS) is 19.2. The zero-order valence-electron chi connectivity index (χ0n) is 20.9. The van der Waals surface area contributed by atoms with E-state index in [0.717, 1.165) is 55.4 Å². The molecule has 0 radical (unpaired) electrons. The van der Waals surface area contributed by atoms with Gasteiger partial charge in [-0.25, -0.2) is 0 Å². The number of carbonyl (C=O) groups is 2. The Morgan fingerprint density at radius 2 is 1.75 bits per heavy atom. The Hall–Kier alpha value is -3.38. The molecule has 0 saturated carbocycles. The van der Waals surface area contributed by atoms with Crippen molar-refractivity contribution >= 4 is 28.9 Å². The molecule has 3 heterocycles. The zero-order chi connectivity index (χ0) is 25.1. The molecule has 36 heavy (non-hydrogen) atoms. The molecule has 188 valence electrons. The number of amides is 1. The fourth-order valence-electron chi connectivity index (χ4n) is 6.06. The molecule has 2 aliphatic heterocycles. The van der Waals surface area contributed by atoms with Crippen LogP contribution in [-0.4, -0.2) is 64.0 Å². The van der Waals surface area contributed by atoms with Crippen LogP contribution >= 0.6 is 0 Å². The number of nitrogens with one attached hydrogen (secondary N) is 1. The largest absolute Gasteiger partial charge is 0.480 e. The molecule has 0 bridgehead atoms. The number of aromatic nitrogens is 1. The molecule has 2 fully saturated rings. The molecule has 1 unspecified atom stereocenters. The van der Waals surface area contributed by atoms with E-state index in [1.165, 1.54) is 10.9 Å². The van der Waals surface area contributed by atoms with Gasteiger partial charge in [0.2, 0.25) is 5.91 Å². The van der Waals surface area contributed by atoms with Gasteiger partial charge in [-0.1, -0.05) is 48.0 Å². The van der Waals surface area contributed by atoms with Gasteiger partial charge in [-0.05, 0) is 80.8 Å². The minimum absolute atomic E-state index is 0.00127. The van der Waals surface area contributed by atoms with E-state index in [-0.39, 0.29) is 11.8 Å². The predicted octanol–water partition coefficient (Wildman–Crippen LogP) is 5.06. The summed E-state index contributed by atoms with van der Waals surface area (Å²) in [4.78, 5) is 32.5. The molecule has 2 aromatic carbocycles. The number of nitrogens with zero attached hydrogens (tertiary/aromatic N) is 2. The van der Waals surface area contributed by atoms with Crippen LogP contribution in [0, 0.1) is 12.8 Å². The highest BCUT2D eigenvalue weighted by Crippen LogP contribution is 2.35. The number of fused-ring (bicyclic) bond motifs is 1. The van der Waals surface area contributed by atoms with Crippen LogP contribution in [0.3, 0.4) is 0 Å². The molecule has 5 rings (SSSR count). The third-order valence-corrected chi connectivity index (χ3v) is 8.00. The van der Waals surface area contributed by atoms with Gasteiger partial charge in [0.1, 0.15) is 6.04 Å². The number of piperidine rings is 2. The lowest BCUT2D eigenvalue weighted by Gasteiger charge is -2.41. The van der Waals surface area contributed by atoms with Gasteiger partial charge in [0.05, 0.1) is 0 Å². The van der Waals surface area contributed by atoms with Crippen molar-refractivity contribution < 1.29 is 14.7 Å². The van der Waals surface area contributed by atoms with Crippen molar-refractivity contribution in [2.45, 2.75) is 44.6 Å². The summed E-state index contributed by atoms with van der Waals surface area (Å²) in [6, 6.07) is 16.0. The summed E-state index contributed by atoms with van der Waals surface area (Å²) in [6.45, 7) is 4.83. The minimum Gasteiger partial charge on any atom is -0.480 e. The first-order chi connectivity index (χ1) is 17.5. The lowest BCUT2D eigenvalue weighted by atomic mass is 9.84. The Morgan fingerprint density at radius 1 is 1.00 bits per heavy atom. The number of aryl methyl sites for hydroxylation is 1. The average Bonchev–Trinajstić information content (AvgIpc) is 3.32. The highest BCUT2D eigenvalue weighted by Gasteiger charge is 2.38. The molecular formula is C30H35N3O3. The number of H-pyrrole nitrogens is 1. The molecule has 2 N–H and O–H groups in total. The maximum Gasteiger partial charge on any atom is 0.321 e. The number of hydrogen-bond donors (Lipinski definition) is 2. The number of likely N-dealkylation sites (tertiary alicyclic amines) is 2. The third-order valence-electron chi connectivity index (χ3n) is 8.00. The molecule has 1 amide bonds. The molecule has 1 aromatic heterocycles. The third kappa shape index (κ3) is 5.24. The highest BCUT2D eigenvalue weighted by atomic mass is 16.4. The van der Waals surface area contributed by atoms with E-state index in [1.807, 2.05) is 42.2 Å². The average molecular weight is 486 g/mol. The van der Waals surface area contributed by atoms with Crippen LogP contribution in [-0.2, 0) is 9.59 Å². The van der Waals surface area contributed by atoms with Gasteiger partial charge in [0.15, 0.2) is 0 Å². The van der Waals surface area contributed by atoms with Crippen molar-refractivity contribution in [2.24, 2.45) is 5.92 Å². The predicted molar refractivity (Wildman–Crippen MR) is 143 cm³/mol. The Morgan fingerprint density at radius 3 is 2.47 bits per heavy atom. The summed E-state index contributed by atoms with van der Waals surface area (Å²) in [5, 5.41) is 11.4. The SMILES string of the molecule is Cc1cccc(C=CC(=O)N2CCC(C(C(=O)O)N3CCC(c4c[nH]c5ccccc45)CC3)CC2)c1. The van der Waals surface area contributed by atoms with Gasteiger partial charge in [-0.2, -0.15) is 0 Å². The smallest absolute Gasteiger partial charge is 0.321 e. The van der Waals surface area contributed by atoms with Gasteiger partial charge >= 0.3 is 5.97 Å². The van der Waals surface area contributed by atoms with Crippen LogP contribution in [0.25, 0.3) is 17.0 Å². The lowest BCUT2D eigenvalue weighted by molar-refractivity contribution is -0.147. The van der Waals surface area contributed by atoms with Gasteiger partial charge in [0.25, 0.3) is 0 Å². The Balaban J connectivity index is 1.17. The monoisotopic (exact) mass is 485 g/mol. The van der Waals surface area contributed by atoms with Crippen LogP contribution in [0.1, 0.15) is 48.3 Å². The molecule has 2 saturated heterocycles. The molecular weight excluding hydrogens is 450 g/mol. The van der Waals surface area contributed by atoms with E-state index in [1.54, 1.807) is 6.08 Å². The van der Waals surface area contributed by atoms with E-state index in [2.05, 4.69) is 40.3 Å². The lowest BCUT2D eigenvalue weighted by Crippen LogP contribution is -2.52. The van der Waals surface area contributed by atoms with Gasteiger partial charge in [0, 0.05) is 36.3 Å². The van der Waals surface area contributed by atoms with E-state index in [4.69, 9.17) is 0 Å². The standard InChI is InChI=1S/C30H35N3O3/c1-21-5-4-6-22(19-21)9-10-28(34)32-15-13-24(14-16-32)29(30(35)36)33-17-11-23(12-18-33)26-20-31-27-8-3-2-7-25(26)27/h2-10,19-20,23-24,29,31H,11-18H2,1H3,(H,35,36). The number of carbonyl (C=O) groups excluding carboxylic acids is 1. The fourth-order valence-corrected chi connectivity index (χ4v) is 6.06. The first kappa shape index (κ1) is 24.3. The van der Waals surface area contributed by atoms with E-state index in [9.17, 15) is 14.7 Å². The second-order valence-corrected chi connectivity index (χ2v) is 10.3. The number of aromatic amines is 1. The summed E-state index contributed by atoms with van der Waals surface area (Å²) in [5.41, 5.74) is 4.69. The summed E-state index contributed by atoms with van der Waals surface area (Å²) in [5.74, 6) is -0.213. The molecule has 2 aliphatic rings. The number of benzene rings is 2. The Labute approximate surface area is 212 Å². The molecule has 1 atom stereocenters. The van der Waals surface area contributed by atoms with E-state index in [0.29, 0.717) is 19.0 Å². The number of para-hydroxylation sites is 1. The van der Waals surface area contributed by atoms with Crippen LogP contribution in [0.15, 0.2) is 60.8 Å². The molecule has 0 aliphatic carbocycles. The van der Waals surface area contributed by atoms with Crippen molar-refractivity contribution in [3.8, 4) is 0 Å². The van der Waals surface area contributed by atoms with Gasteiger partial charge in [-0.3, -0.25) is 14.5 Å². The maximum absolute atomic E-state index is 12.7. The van der Waals surface area contributed by atoms with Crippen molar-refractivity contribution in [3.05, 3.63) is 77.5 Å². The second kappa shape index (κ2) is 10.7. The highest BCUT2D eigenvalue weighted by molar-refractivity contribution is 5.92. The van der Waals surface area contributed by atoms with E-state index >= 15 is 0 Å². The Bertz CT molecular complexity index is 1250. The zero-order valence-corrected chi connectivity index (χ0v) is 20.9. The van der Waals surface area contributed by atoms with E-state index < -0.39 is 12.0 Å².